The van der Waals surface area contributed by atoms with Gasteiger partial charge in [-0.05, 0) is 66.4 Å². The number of rotatable bonds is 12. The van der Waals surface area contributed by atoms with Crippen molar-refractivity contribution in [3.63, 3.8) is 0 Å². The molecule has 0 fully saturated rings. The van der Waals surface area contributed by atoms with Crippen molar-refractivity contribution in [3.8, 4) is 5.75 Å². The number of ether oxygens (including phenoxy) is 1. The molecule has 35 heavy (non-hydrogen) atoms. The minimum Gasteiger partial charge on any atom is -0.482 e. The van der Waals surface area contributed by atoms with E-state index in [0.717, 1.165) is 5.56 Å². The van der Waals surface area contributed by atoms with Gasteiger partial charge in [0.25, 0.3) is 0 Å². The summed E-state index contributed by atoms with van der Waals surface area (Å²) in [5.41, 5.74) is 2.42. The lowest BCUT2D eigenvalue weighted by molar-refractivity contribution is -0.139. The fourth-order valence-electron chi connectivity index (χ4n) is 3.85. The molecule has 0 aliphatic heterocycles. The number of aliphatic carboxylic acids is 1. The van der Waals surface area contributed by atoms with E-state index in [0.29, 0.717) is 46.4 Å². The third kappa shape index (κ3) is 8.53. The zero-order valence-electron chi connectivity index (χ0n) is 19.3. The highest BCUT2D eigenvalue weighted by atomic mass is 35.5. The first-order valence-electron chi connectivity index (χ1n) is 11.3. The number of aliphatic hydroxyl groups is 2. The molecule has 0 radical (unpaired) electrons. The van der Waals surface area contributed by atoms with Gasteiger partial charge in [0.2, 0.25) is 0 Å². The molecule has 3 rings (SSSR count). The number of carbonyl (C=O) groups is 1. The number of halogens is 2. The third-order valence-electron chi connectivity index (χ3n) is 5.72. The third-order valence-corrected chi connectivity index (χ3v) is 6.19. The summed E-state index contributed by atoms with van der Waals surface area (Å²) in [5, 5.41) is 31.7. The van der Waals surface area contributed by atoms with Gasteiger partial charge in [-0.25, -0.2) is 4.79 Å². The molecular weight excluding hydrogens is 489 g/mol. The Morgan fingerprint density at radius 3 is 1.86 bits per heavy atom. The minimum atomic E-state index is -1.03. The number of aliphatic hydroxyl groups excluding tert-OH is 2. The first kappa shape index (κ1) is 27.0. The summed E-state index contributed by atoms with van der Waals surface area (Å²) in [4.78, 5) is 12.7. The molecule has 3 atom stereocenters. The van der Waals surface area contributed by atoms with Crippen LogP contribution in [-0.2, 0) is 11.2 Å². The van der Waals surface area contributed by atoms with Crippen LogP contribution in [0.5, 0.6) is 5.75 Å². The average Bonchev–Trinajstić information content (AvgIpc) is 2.83. The summed E-state index contributed by atoms with van der Waals surface area (Å²) >= 11 is 12.2. The van der Waals surface area contributed by atoms with Gasteiger partial charge in [0.15, 0.2) is 6.61 Å². The smallest absolute Gasteiger partial charge is 0.341 e. The lowest BCUT2D eigenvalue weighted by atomic mass is 10.0. The molecule has 0 saturated heterocycles. The van der Waals surface area contributed by atoms with Gasteiger partial charge in [-0.1, -0.05) is 59.6 Å². The second-order valence-electron chi connectivity index (χ2n) is 8.48. The van der Waals surface area contributed by atoms with E-state index in [1.807, 2.05) is 36.1 Å². The predicted molar refractivity (Wildman–Crippen MR) is 137 cm³/mol. The van der Waals surface area contributed by atoms with Crippen LogP contribution >= 0.6 is 23.2 Å². The van der Waals surface area contributed by atoms with Crippen LogP contribution in [0.25, 0.3) is 0 Å². The molecule has 3 N–H and O–H groups in total. The van der Waals surface area contributed by atoms with E-state index in [2.05, 4.69) is 0 Å². The topological polar surface area (TPSA) is 90.2 Å². The first-order valence-corrected chi connectivity index (χ1v) is 12.0. The fraction of sp³-hybridized carbons (Fsp3) is 0.296. The summed E-state index contributed by atoms with van der Waals surface area (Å²) in [5.74, 6) is -0.553. The molecule has 0 aromatic heterocycles. The molecule has 0 heterocycles. The van der Waals surface area contributed by atoms with Gasteiger partial charge < -0.3 is 20.1 Å². The maximum Gasteiger partial charge on any atom is 0.341 e. The molecule has 0 bridgehead atoms. The van der Waals surface area contributed by atoms with Crippen molar-refractivity contribution in [2.45, 2.75) is 31.6 Å². The first-order chi connectivity index (χ1) is 16.7. The molecule has 0 unspecified atom stereocenters. The molecule has 3 aromatic carbocycles. The molecule has 0 spiro atoms. The Hall–Kier alpha value is -2.61. The van der Waals surface area contributed by atoms with Crippen LogP contribution in [0.1, 0.15) is 35.8 Å². The van der Waals surface area contributed by atoms with Crippen LogP contribution in [0.3, 0.4) is 0 Å². The monoisotopic (exact) mass is 517 g/mol. The number of carboxylic acid groups (broad SMARTS) is 1. The summed E-state index contributed by atoms with van der Waals surface area (Å²) in [6.07, 6.45) is -0.951. The van der Waals surface area contributed by atoms with Crippen molar-refractivity contribution in [1.82, 2.24) is 4.90 Å². The lowest BCUT2D eigenvalue weighted by Crippen LogP contribution is -2.40. The average molecular weight is 518 g/mol. The van der Waals surface area contributed by atoms with Crippen LogP contribution in [0.4, 0.5) is 0 Å². The number of nitrogens with zero attached hydrogens (tertiary/aromatic N) is 1. The summed E-state index contributed by atoms with van der Waals surface area (Å²) in [7, 11) is 0. The molecule has 0 amide bonds. The SMILES string of the molecule is C[C@H](Cc1ccc(OCC(=O)O)cc1)N(C[C@H](O)c1cccc(Cl)c1)C[C@H](O)c1cccc(Cl)c1. The Morgan fingerprint density at radius 1 is 0.886 bits per heavy atom. The van der Waals surface area contributed by atoms with E-state index >= 15 is 0 Å². The molecular formula is C27H29Cl2NO5. The summed E-state index contributed by atoms with van der Waals surface area (Å²) < 4.78 is 5.20. The van der Waals surface area contributed by atoms with E-state index in [4.69, 9.17) is 33.0 Å². The van der Waals surface area contributed by atoms with Crippen molar-refractivity contribution < 1.29 is 24.9 Å². The largest absolute Gasteiger partial charge is 0.482 e. The Bertz CT molecular complexity index is 1060. The highest BCUT2D eigenvalue weighted by molar-refractivity contribution is 6.30. The van der Waals surface area contributed by atoms with Gasteiger partial charge in [0.1, 0.15) is 5.75 Å². The zero-order valence-corrected chi connectivity index (χ0v) is 20.9. The van der Waals surface area contributed by atoms with Crippen molar-refractivity contribution in [2.75, 3.05) is 19.7 Å². The fourth-order valence-corrected chi connectivity index (χ4v) is 4.25. The van der Waals surface area contributed by atoms with Crippen LogP contribution in [0.2, 0.25) is 10.0 Å². The van der Waals surface area contributed by atoms with E-state index in [1.165, 1.54) is 0 Å². The molecule has 8 heteroatoms. The number of hydrogen-bond donors (Lipinski definition) is 3. The van der Waals surface area contributed by atoms with Crippen LogP contribution in [0.15, 0.2) is 72.8 Å². The van der Waals surface area contributed by atoms with Gasteiger partial charge in [-0.2, -0.15) is 0 Å². The standard InChI is InChI=1S/C27H29Cl2NO5/c1-18(12-19-8-10-24(11-9-19)35-17-27(33)34)30(15-25(31)20-4-2-6-22(28)13-20)16-26(32)21-5-3-7-23(29)14-21/h2-11,13-14,18,25-26,31-32H,12,15-17H2,1H3,(H,33,34)/t18-,25+,26+/m1/s1. The molecule has 6 nitrogen and oxygen atoms in total. The van der Waals surface area contributed by atoms with E-state index in [-0.39, 0.29) is 6.04 Å². The molecule has 0 aliphatic rings. The van der Waals surface area contributed by atoms with Gasteiger partial charge in [-0.15, -0.1) is 0 Å². The Labute approximate surface area is 215 Å². The van der Waals surface area contributed by atoms with Crippen molar-refractivity contribution in [1.29, 1.82) is 0 Å². The molecule has 0 aliphatic carbocycles. The summed E-state index contributed by atoms with van der Waals surface area (Å²) in [6, 6.07) is 21.4. The molecule has 3 aromatic rings. The highest BCUT2D eigenvalue weighted by Crippen LogP contribution is 2.24. The van der Waals surface area contributed by atoms with Gasteiger partial charge >= 0.3 is 5.97 Å². The zero-order chi connectivity index (χ0) is 25.4. The van der Waals surface area contributed by atoms with Crippen LogP contribution in [0, 0.1) is 0 Å². The maximum absolute atomic E-state index is 10.9. The van der Waals surface area contributed by atoms with Crippen molar-refractivity contribution >= 4 is 29.2 Å². The van der Waals surface area contributed by atoms with E-state index in [1.54, 1.807) is 48.5 Å². The minimum absolute atomic E-state index is 0.0385. The Kier molecular flexibility index (Phi) is 9.95. The van der Waals surface area contributed by atoms with E-state index < -0.39 is 24.8 Å². The lowest BCUT2D eigenvalue weighted by Gasteiger charge is -2.33. The van der Waals surface area contributed by atoms with Gasteiger partial charge in [0, 0.05) is 29.2 Å². The van der Waals surface area contributed by atoms with Crippen LogP contribution < -0.4 is 4.74 Å². The molecule has 186 valence electrons. The van der Waals surface area contributed by atoms with Crippen molar-refractivity contribution in [3.05, 3.63) is 99.5 Å². The molecule has 0 saturated carbocycles. The second kappa shape index (κ2) is 12.9. The highest BCUT2D eigenvalue weighted by Gasteiger charge is 2.23. The quantitative estimate of drug-likeness (QED) is 0.307. The predicted octanol–water partition coefficient (Wildman–Crippen LogP) is 5.16. The number of carboxylic acids is 1. The van der Waals surface area contributed by atoms with Gasteiger partial charge in [0.05, 0.1) is 12.2 Å². The van der Waals surface area contributed by atoms with Gasteiger partial charge in [-0.3, -0.25) is 4.90 Å². The number of hydrogen-bond acceptors (Lipinski definition) is 5. The number of benzene rings is 3. The Balaban J connectivity index is 1.74. The second-order valence-corrected chi connectivity index (χ2v) is 9.35. The van der Waals surface area contributed by atoms with E-state index in [9.17, 15) is 15.0 Å². The normalized spacial score (nSPS) is 13.9. The Morgan fingerprint density at radius 2 is 1.40 bits per heavy atom. The van der Waals surface area contributed by atoms with Crippen LogP contribution in [-0.4, -0.2) is 51.9 Å². The summed E-state index contributed by atoms with van der Waals surface area (Å²) in [6.45, 7) is 2.22. The van der Waals surface area contributed by atoms with Crippen molar-refractivity contribution in [2.24, 2.45) is 0 Å². The maximum atomic E-state index is 10.9.